The second kappa shape index (κ2) is 4.61. The number of ether oxygens (including phenoxy) is 2. The fraction of sp³-hybridized carbons (Fsp3) is 0.500. The fourth-order valence-electron chi connectivity index (χ4n) is 2.09. The summed E-state index contributed by atoms with van der Waals surface area (Å²) in [5.41, 5.74) is 1.15. The second-order valence-electron chi connectivity index (χ2n) is 3.96. The maximum Gasteiger partial charge on any atom is 0.200 e. The lowest BCUT2D eigenvalue weighted by molar-refractivity contribution is 0.338. The SMILES string of the molecule is COc1cc(C2CCNC2)cc(OC)c1O. The van der Waals surface area contributed by atoms with Gasteiger partial charge in [-0.1, -0.05) is 0 Å². The van der Waals surface area contributed by atoms with Gasteiger partial charge in [0, 0.05) is 6.54 Å². The topological polar surface area (TPSA) is 50.7 Å². The molecule has 1 unspecified atom stereocenters. The first kappa shape index (κ1) is 11.1. The van der Waals surface area contributed by atoms with E-state index in [1.54, 1.807) is 14.2 Å². The molecule has 16 heavy (non-hydrogen) atoms. The third kappa shape index (κ3) is 1.93. The highest BCUT2D eigenvalue weighted by Crippen LogP contribution is 2.39. The van der Waals surface area contributed by atoms with Crippen molar-refractivity contribution in [2.24, 2.45) is 0 Å². The lowest BCUT2D eigenvalue weighted by atomic mass is 9.97. The Morgan fingerprint density at radius 3 is 2.31 bits per heavy atom. The van der Waals surface area contributed by atoms with E-state index in [0.29, 0.717) is 17.4 Å². The third-order valence-corrected chi connectivity index (χ3v) is 3.03. The lowest BCUT2D eigenvalue weighted by Gasteiger charge is -2.14. The normalized spacial score (nSPS) is 19.8. The number of hydrogen-bond donors (Lipinski definition) is 2. The zero-order valence-electron chi connectivity index (χ0n) is 9.62. The maximum absolute atomic E-state index is 9.79. The summed E-state index contributed by atoms with van der Waals surface area (Å²) >= 11 is 0. The van der Waals surface area contributed by atoms with Crippen LogP contribution in [0.3, 0.4) is 0 Å². The summed E-state index contributed by atoms with van der Waals surface area (Å²) in [5.74, 6) is 1.49. The number of phenols is 1. The predicted octanol–water partition coefficient (Wildman–Crippen LogP) is 1.49. The lowest BCUT2D eigenvalue weighted by Crippen LogP contribution is -2.08. The van der Waals surface area contributed by atoms with Gasteiger partial charge in [0.1, 0.15) is 0 Å². The zero-order chi connectivity index (χ0) is 11.5. The molecule has 0 bridgehead atoms. The molecular weight excluding hydrogens is 206 g/mol. The van der Waals surface area contributed by atoms with Crippen molar-refractivity contribution in [3.8, 4) is 17.2 Å². The van der Waals surface area contributed by atoms with Crippen LogP contribution in [0, 0.1) is 0 Å². The van der Waals surface area contributed by atoms with E-state index in [1.807, 2.05) is 12.1 Å². The van der Waals surface area contributed by atoms with Crippen molar-refractivity contribution in [2.75, 3.05) is 27.3 Å². The molecule has 1 atom stereocenters. The summed E-state index contributed by atoms with van der Waals surface area (Å²) in [6.45, 7) is 2.01. The van der Waals surface area contributed by atoms with Crippen LogP contribution < -0.4 is 14.8 Å². The zero-order valence-corrected chi connectivity index (χ0v) is 9.62. The number of hydrogen-bond acceptors (Lipinski definition) is 4. The molecule has 1 aromatic carbocycles. The van der Waals surface area contributed by atoms with E-state index >= 15 is 0 Å². The maximum atomic E-state index is 9.79. The van der Waals surface area contributed by atoms with Crippen LogP contribution in [0.1, 0.15) is 17.9 Å². The molecule has 0 radical (unpaired) electrons. The van der Waals surface area contributed by atoms with E-state index in [9.17, 15) is 5.11 Å². The number of methoxy groups -OCH3 is 2. The van der Waals surface area contributed by atoms with Crippen LogP contribution in [0.15, 0.2) is 12.1 Å². The molecule has 88 valence electrons. The average Bonchev–Trinajstić information content (AvgIpc) is 2.83. The summed E-state index contributed by atoms with van der Waals surface area (Å²) < 4.78 is 10.3. The van der Waals surface area contributed by atoms with Crippen LogP contribution in [-0.2, 0) is 0 Å². The first-order valence-corrected chi connectivity index (χ1v) is 5.42. The van der Waals surface area contributed by atoms with E-state index in [1.165, 1.54) is 0 Å². The van der Waals surface area contributed by atoms with Gasteiger partial charge in [-0.2, -0.15) is 0 Å². The third-order valence-electron chi connectivity index (χ3n) is 3.03. The predicted molar refractivity (Wildman–Crippen MR) is 61.4 cm³/mol. The Balaban J connectivity index is 2.37. The van der Waals surface area contributed by atoms with E-state index in [0.717, 1.165) is 25.1 Å². The first-order chi connectivity index (χ1) is 7.76. The van der Waals surface area contributed by atoms with Crippen LogP contribution in [-0.4, -0.2) is 32.4 Å². The molecule has 4 nitrogen and oxygen atoms in total. The molecule has 2 rings (SSSR count). The quantitative estimate of drug-likeness (QED) is 0.815. The summed E-state index contributed by atoms with van der Waals surface area (Å²) in [6, 6.07) is 3.77. The standard InChI is InChI=1S/C12H17NO3/c1-15-10-5-9(8-3-4-13-7-8)6-11(16-2)12(10)14/h5-6,8,13-14H,3-4,7H2,1-2H3. The Morgan fingerprint density at radius 2 is 1.88 bits per heavy atom. The highest BCUT2D eigenvalue weighted by molar-refractivity contribution is 5.53. The Labute approximate surface area is 95.2 Å². The summed E-state index contributed by atoms with van der Waals surface area (Å²) in [7, 11) is 3.09. The Morgan fingerprint density at radius 1 is 1.25 bits per heavy atom. The molecule has 0 saturated carbocycles. The molecule has 0 spiro atoms. The van der Waals surface area contributed by atoms with Crippen molar-refractivity contribution in [3.05, 3.63) is 17.7 Å². The number of rotatable bonds is 3. The number of phenolic OH excluding ortho intramolecular Hbond substituents is 1. The van der Waals surface area contributed by atoms with Gasteiger partial charge >= 0.3 is 0 Å². The molecule has 0 aliphatic carbocycles. The Hall–Kier alpha value is -1.42. The van der Waals surface area contributed by atoms with Gasteiger partial charge in [0.2, 0.25) is 5.75 Å². The minimum atomic E-state index is 0.0692. The summed E-state index contributed by atoms with van der Waals surface area (Å²) in [6.07, 6.45) is 1.11. The van der Waals surface area contributed by atoms with Gasteiger partial charge in [0.25, 0.3) is 0 Å². The van der Waals surface area contributed by atoms with E-state index in [-0.39, 0.29) is 5.75 Å². The molecule has 1 aromatic rings. The average molecular weight is 223 g/mol. The Kier molecular flexibility index (Phi) is 3.19. The molecule has 0 aromatic heterocycles. The van der Waals surface area contributed by atoms with Crippen molar-refractivity contribution in [1.29, 1.82) is 0 Å². The number of aromatic hydroxyl groups is 1. The van der Waals surface area contributed by atoms with Crippen LogP contribution in [0.4, 0.5) is 0 Å². The van der Waals surface area contributed by atoms with Crippen LogP contribution in [0.2, 0.25) is 0 Å². The Bertz CT molecular complexity index is 348. The van der Waals surface area contributed by atoms with E-state index < -0.39 is 0 Å². The highest BCUT2D eigenvalue weighted by atomic mass is 16.5. The van der Waals surface area contributed by atoms with Gasteiger partial charge in [-0.05, 0) is 36.6 Å². The van der Waals surface area contributed by atoms with Crippen LogP contribution in [0.25, 0.3) is 0 Å². The molecule has 0 amide bonds. The minimum Gasteiger partial charge on any atom is -0.502 e. The molecular formula is C12H17NO3. The van der Waals surface area contributed by atoms with Crippen LogP contribution >= 0.6 is 0 Å². The minimum absolute atomic E-state index is 0.0692. The molecule has 4 heteroatoms. The second-order valence-corrected chi connectivity index (χ2v) is 3.96. The largest absolute Gasteiger partial charge is 0.502 e. The van der Waals surface area contributed by atoms with Crippen molar-refractivity contribution < 1.29 is 14.6 Å². The van der Waals surface area contributed by atoms with Gasteiger partial charge in [-0.3, -0.25) is 0 Å². The molecule has 1 aliphatic heterocycles. The highest BCUT2D eigenvalue weighted by Gasteiger charge is 2.20. The summed E-state index contributed by atoms with van der Waals surface area (Å²) in [4.78, 5) is 0. The fourth-order valence-corrected chi connectivity index (χ4v) is 2.09. The van der Waals surface area contributed by atoms with Gasteiger partial charge in [0.05, 0.1) is 14.2 Å². The van der Waals surface area contributed by atoms with Gasteiger partial charge in [-0.15, -0.1) is 0 Å². The van der Waals surface area contributed by atoms with Gasteiger partial charge < -0.3 is 19.9 Å². The molecule has 1 saturated heterocycles. The molecule has 2 N–H and O–H groups in total. The van der Waals surface area contributed by atoms with Gasteiger partial charge in [-0.25, -0.2) is 0 Å². The molecule has 1 fully saturated rings. The smallest absolute Gasteiger partial charge is 0.200 e. The molecule has 1 heterocycles. The van der Waals surface area contributed by atoms with Crippen LogP contribution in [0.5, 0.6) is 17.2 Å². The van der Waals surface area contributed by atoms with Crippen molar-refractivity contribution in [3.63, 3.8) is 0 Å². The molecule has 1 aliphatic rings. The van der Waals surface area contributed by atoms with Crippen molar-refractivity contribution in [2.45, 2.75) is 12.3 Å². The van der Waals surface area contributed by atoms with Crippen molar-refractivity contribution >= 4 is 0 Å². The van der Waals surface area contributed by atoms with E-state index in [2.05, 4.69) is 5.32 Å². The van der Waals surface area contributed by atoms with E-state index in [4.69, 9.17) is 9.47 Å². The number of nitrogens with one attached hydrogen (secondary N) is 1. The monoisotopic (exact) mass is 223 g/mol. The summed E-state index contributed by atoms with van der Waals surface area (Å²) in [5, 5.41) is 13.1. The van der Waals surface area contributed by atoms with Crippen molar-refractivity contribution in [1.82, 2.24) is 5.32 Å². The van der Waals surface area contributed by atoms with Gasteiger partial charge in [0.15, 0.2) is 11.5 Å². The number of benzene rings is 1. The first-order valence-electron chi connectivity index (χ1n) is 5.42.